The van der Waals surface area contributed by atoms with E-state index in [-0.39, 0.29) is 13.2 Å². The van der Waals surface area contributed by atoms with E-state index in [2.05, 4.69) is 5.23 Å². The van der Waals surface area contributed by atoms with Crippen LogP contribution < -0.4 is 10.7 Å². The molecule has 79 valence electrons. The van der Waals surface area contributed by atoms with Gasteiger partial charge >= 0.3 is 5.97 Å². The minimum atomic E-state index is -0.939. The van der Waals surface area contributed by atoms with Gasteiger partial charge in [-0.05, 0) is 17.7 Å². The highest BCUT2D eigenvalue weighted by molar-refractivity contribution is 6.51. The van der Waals surface area contributed by atoms with E-state index in [1.54, 1.807) is 18.2 Å². The summed E-state index contributed by atoms with van der Waals surface area (Å²) in [6, 6.07) is 5.02. The Hall–Kier alpha value is -1.04. The van der Waals surface area contributed by atoms with Gasteiger partial charge in [-0.1, -0.05) is 23.1 Å². The monoisotopic (exact) mass is 226 g/mol. The van der Waals surface area contributed by atoms with Crippen molar-refractivity contribution in [1.82, 2.24) is 5.23 Å². The van der Waals surface area contributed by atoms with Crippen LogP contribution in [0.25, 0.3) is 0 Å². The van der Waals surface area contributed by atoms with Crippen LogP contribution in [0.2, 0.25) is 5.02 Å². The molecule has 15 heavy (non-hydrogen) atoms. The molecule has 1 rings (SSSR count). The average molecular weight is 226 g/mol. The van der Waals surface area contributed by atoms with E-state index in [0.29, 0.717) is 10.6 Å². The Balaban J connectivity index is 2.63. The summed E-state index contributed by atoms with van der Waals surface area (Å²) >= 11 is 5.74. The number of benzene rings is 1. The highest BCUT2D eigenvalue weighted by Gasteiger charge is 2.05. The topological polar surface area (TPSA) is 69.6 Å². The van der Waals surface area contributed by atoms with Gasteiger partial charge in [0.1, 0.15) is 0 Å². The predicted molar refractivity (Wildman–Crippen MR) is 58.4 cm³/mol. The predicted octanol–water partition coefficient (Wildman–Crippen LogP) is -0.249. The fourth-order valence-corrected chi connectivity index (χ4v) is 1.30. The average Bonchev–Trinajstić information content (AvgIpc) is 2.19. The van der Waals surface area contributed by atoms with Crippen LogP contribution in [0.3, 0.4) is 0 Å². The third-order valence-electron chi connectivity index (χ3n) is 1.79. The zero-order chi connectivity index (χ0) is 11.3. The minimum absolute atomic E-state index is 0.138. The first-order chi connectivity index (χ1) is 7.13. The zero-order valence-electron chi connectivity index (χ0n) is 7.90. The first kappa shape index (κ1) is 12.0. The molecule has 1 aromatic carbocycles. The van der Waals surface area contributed by atoms with Gasteiger partial charge in [-0.15, -0.1) is 0 Å². The second-order valence-corrected chi connectivity index (χ2v) is 3.36. The third kappa shape index (κ3) is 3.91. The van der Waals surface area contributed by atoms with Crippen LogP contribution >= 0.6 is 11.6 Å². The molecule has 0 amide bonds. The summed E-state index contributed by atoms with van der Waals surface area (Å²) in [6.45, 7) is -0.297. The smallest absolute Gasteiger partial charge is 0.316 e. The van der Waals surface area contributed by atoms with Crippen molar-refractivity contribution in [3.05, 3.63) is 28.8 Å². The molecule has 6 heteroatoms. The highest BCUT2D eigenvalue weighted by atomic mass is 35.5. The van der Waals surface area contributed by atoms with E-state index in [1.807, 2.05) is 0 Å². The number of carboxylic acids is 1. The van der Waals surface area contributed by atoms with Crippen molar-refractivity contribution in [2.45, 2.75) is 6.61 Å². The molecular weight excluding hydrogens is 216 g/mol. The maximum atomic E-state index is 10.2. The number of aliphatic hydroxyl groups excluding tert-OH is 1. The van der Waals surface area contributed by atoms with Crippen LogP contribution in [0.5, 0.6) is 0 Å². The fraction of sp³-hybridized carbons (Fsp3) is 0.222. The molecule has 0 aliphatic heterocycles. The molecule has 0 saturated heterocycles. The molecule has 1 radical (unpaired) electrons. The second-order valence-electron chi connectivity index (χ2n) is 2.92. The number of halogens is 1. The van der Waals surface area contributed by atoms with Crippen LogP contribution in [0, 0.1) is 0 Å². The van der Waals surface area contributed by atoms with Gasteiger partial charge < -0.3 is 15.4 Å². The quantitative estimate of drug-likeness (QED) is 0.606. The van der Waals surface area contributed by atoms with Crippen molar-refractivity contribution in [1.29, 1.82) is 0 Å². The number of hydrogen-bond acceptors (Lipinski definition) is 3. The van der Waals surface area contributed by atoms with E-state index < -0.39 is 5.97 Å². The van der Waals surface area contributed by atoms with Gasteiger partial charge in [0.05, 0.1) is 13.2 Å². The number of aliphatic hydroxyl groups is 1. The van der Waals surface area contributed by atoms with Crippen molar-refractivity contribution in [3.63, 3.8) is 0 Å². The van der Waals surface area contributed by atoms with Gasteiger partial charge in [0.2, 0.25) is 7.41 Å². The highest BCUT2D eigenvalue weighted by Crippen LogP contribution is 2.08. The van der Waals surface area contributed by atoms with E-state index in [9.17, 15) is 4.79 Å². The lowest BCUT2D eigenvalue weighted by molar-refractivity contribution is -0.135. The van der Waals surface area contributed by atoms with Crippen molar-refractivity contribution < 1.29 is 15.0 Å². The molecule has 0 aliphatic carbocycles. The Labute approximate surface area is 93.1 Å². The van der Waals surface area contributed by atoms with Crippen molar-refractivity contribution in [2.75, 3.05) is 6.54 Å². The number of nitrogens with one attached hydrogen (secondary N) is 1. The molecule has 0 unspecified atom stereocenters. The van der Waals surface area contributed by atoms with E-state index in [4.69, 9.17) is 21.8 Å². The first-order valence-corrected chi connectivity index (χ1v) is 4.69. The Bertz CT molecular complexity index is 359. The molecule has 0 aliphatic rings. The van der Waals surface area contributed by atoms with Crippen molar-refractivity contribution >= 4 is 30.4 Å². The van der Waals surface area contributed by atoms with Crippen molar-refractivity contribution in [3.8, 4) is 0 Å². The SMILES string of the molecule is O=C(O)CN[B]c1ccc(Cl)cc1CO. The Morgan fingerprint density at radius 1 is 1.53 bits per heavy atom. The number of carboxylic acid groups (broad SMARTS) is 1. The molecule has 0 saturated carbocycles. The maximum absolute atomic E-state index is 10.2. The van der Waals surface area contributed by atoms with Gasteiger partial charge in [-0.3, -0.25) is 4.79 Å². The van der Waals surface area contributed by atoms with Crippen LogP contribution in [-0.2, 0) is 11.4 Å². The second kappa shape index (κ2) is 5.75. The summed E-state index contributed by atoms with van der Waals surface area (Å²) in [7, 11) is 1.54. The lowest BCUT2D eigenvalue weighted by Crippen LogP contribution is -2.36. The molecule has 1 aromatic rings. The van der Waals surface area contributed by atoms with Gasteiger partial charge in [0, 0.05) is 5.02 Å². The van der Waals surface area contributed by atoms with Crippen LogP contribution in [0.15, 0.2) is 18.2 Å². The normalized spacial score (nSPS) is 10.0. The summed E-state index contributed by atoms with van der Waals surface area (Å²) in [5.74, 6) is -0.939. The van der Waals surface area contributed by atoms with Crippen LogP contribution in [0.1, 0.15) is 5.56 Å². The lowest BCUT2D eigenvalue weighted by Gasteiger charge is -2.06. The minimum Gasteiger partial charge on any atom is -0.480 e. The molecule has 0 bridgehead atoms. The summed E-state index contributed by atoms with van der Waals surface area (Å²) in [5, 5.41) is 20.6. The fourth-order valence-electron chi connectivity index (χ4n) is 1.10. The van der Waals surface area contributed by atoms with Crippen LogP contribution in [0.4, 0.5) is 0 Å². The van der Waals surface area contributed by atoms with Crippen molar-refractivity contribution in [2.24, 2.45) is 0 Å². The maximum Gasteiger partial charge on any atom is 0.316 e. The summed E-state index contributed by atoms with van der Waals surface area (Å²) < 4.78 is 0. The van der Waals surface area contributed by atoms with Gasteiger partial charge in [0.15, 0.2) is 0 Å². The molecule has 0 atom stereocenters. The number of carbonyl (C=O) groups is 1. The lowest BCUT2D eigenvalue weighted by atomic mass is 9.79. The zero-order valence-corrected chi connectivity index (χ0v) is 8.66. The Kier molecular flexibility index (Phi) is 4.61. The van der Waals surface area contributed by atoms with Gasteiger partial charge in [-0.2, -0.15) is 0 Å². The summed E-state index contributed by atoms with van der Waals surface area (Å²) in [6.07, 6.45) is 0. The van der Waals surface area contributed by atoms with Gasteiger partial charge in [0.25, 0.3) is 0 Å². The van der Waals surface area contributed by atoms with E-state index in [1.165, 1.54) is 7.41 Å². The summed E-state index contributed by atoms with van der Waals surface area (Å²) in [4.78, 5) is 10.2. The number of aliphatic carboxylic acids is 1. The molecule has 3 N–H and O–H groups in total. The van der Waals surface area contributed by atoms with Gasteiger partial charge in [-0.25, -0.2) is 0 Å². The first-order valence-electron chi connectivity index (χ1n) is 4.31. The summed E-state index contributed by atoms with van der Waals surface area (Å²) in [5.41, 5.74) is 1.38. The number of rotatable bonds is 5. The third-order valence-corrected chi connectivity index (χ3v) is 2.02. The Morgan fingerprint density at radius 3 is 2.87 bits per heavy atom. The molecule has 0 heterocycles. The Morgan fingerprint density at radius 2 is 2.27 bits per heavy atom. The number of hydrogen-bond donors (Lipinski definition) is 3. The van der Waals surface area contributed by atoms with Crippen LogP contribution in [-0.4, -0.2) is 30.1 Å². The molecular formula is C9H10BClNO3. The molecule has 0 spiro atoms. The molecule has 0 aromatic heterocycles. The molecule has 0 fully saturated rings. The standard InChI is InChI=1S/C9H10BClNO3/c11-7-1-2-8(6(3-7)5-13)10-12-4-9(14)15/h1-3,12-13H,4-5H2,(H,14,15). The molecule has 4 nitrogen and oxygen atoms in total. The van der Waals surface area contributed by atoms with E-state index in [0.717, 1.165) is 5.46 Å². The largest absolute Gasteiger partial charge is 0.480 e. The van der Waals surface area contributed by atoms with E-state index >= 15 is 0 Å².